The Hall–Kier alpha value is -0.540. The fourth-order valence-corrected chi connectivity index (χ4v) is 2.85. The molecule has 1 amide bonds. The first-order valence-corrected chi connectivity index (χ1v) is 5.89. The first-order valence-electron chi connectivity index (χ1n) is 5.89. The normalized spacial score (nSPS) is 30.0. The lowest BCUT2D eigenvalue weighted by Gasteiger charge is -2.43. The molecular weight excluding hydrogens is 224 g/mol. The number of carbonyl (C=O) groups is 1. The van der Waals surface area contributed by atoms with Crippen LogP contribution >= 0.6 is 12.4 Å². The first-order chi connectivity index (χ1) is 7.28. The number of amides is 1. The van der Waals surface area contributed by atoms with Crippen LogP contribution in [0.2, 0.25) is 0 Å². The third-order valence-electron chi connectivity index (χ3n) is 3.65. The van der Waals surface area contributed by atoms with Gasteiger partial charge in [-0.1, -0.05) is 6.08 Å². The fourth-order valence-electron chi connectivity index (χ4n) is 2.85. The molecule has 0 aliphatic carbocycles. The topological polar surface area (TPSA) is 32.3 Å². The molecule has 4 heteroatoms. The summed E-state index contributed by atoms with van der Waals surface area (Å²) in [4.78, 5) is 14.3. The van der Waals surface area contributed by atoms with E-state index in [4.69, 9.17) is 0 Å². The summed E-state index contributed by atoms with van der Waals surface area (Å²) in [7, 11) is 0. The second-order valence-corrected chi connectivity index (χ2v) is 4.70. The Morgan fingerprint density at radius 1 is 1.44 bits per heavy atom. The van der Waals surface area contributed by atoms with Crippen LogP contribution in [0.1, 0.15) is 25.7 Å². The second-order valence-electron chi connectivity index (χ2n) is 4.70. The highest BCUT2D eigenvalue weighted by molar-refractivity contribution is 5.85. The summed E-state index contributed by atoms with van der Waals surface area (Å²) in [6.45, 7) is 7.27. The van der Waals surface area contributed by atoms with Crippen molar-refractivity contribution >= 4 is 18.3 Å². The van der Waals surface area contributed by atoms with E-state index in [9.17, 15) is 4.79 Å². The van der Waals surface area contributed by atoms with Gasteiger partial charge >= 0.3 is 0 Å². The molecule has 92 valence electrons. The Morgan fingerprint density at radius 2 is 2.19 bits per heavy atom. The molecule has 1 atom stereocenters. The number of piperidine rings is 2. The number of hydrogen-bond donors (Lipinski definition) is 1. The van der Waals surface area contributed by atoms with Crippen LogP contribution in [0.5, 0.6) is 0 Å². The zero-order valence-corrected chi connectivity index (χ0v) is 10.5. The van der Waals surface area contributed by atoms with Gasteiger partial charge in [0.15, 0.2) is 0 Å². The largest absolute Gasteiger partial charge is 0.338 e. The van der Waals surface area contributed by atoms with E-state index in [0.717, 1.165) is 45.3 Å². The van der Waals surface area contributed by atoms with Gasteiger partial charge in [0.1, 0.15) is 0 Å². The molecule has 0 aromatic carbocycles. The Balaban J connectivity index is 0.00000128. The van der Waals surface area contributed by atoms with Gasteiger partial charge in [0.25, 0.3) is 0 Å². The zero-order chi connectivity index (χ0) is 10.7. The van der Waals surface area contributed by atoms with Gasteiger partial charge in [-0.2, -0.15) is 0 Å². The highest BCUT2D eigenvalue weighted by Gasteiger charge is 2.43. The van der Waals surface area contributed by atoms with Crippen molar-refractivity contribution < 1.29 is 4.79 Å². The van der Waals surface area contributed by atoms with E-state index >= 15 is 0 Å². The van der Waals surface area contributed by atoms with Crippen molar-refractivity contribution in [3.05, 3.63) is 12.7 Å². The standard InChI is InChI=1S/C12H20N2O.ClH/c1-2-8-14-9-4-6-12(11(14)15)5-3-7-13-10-12;/h2,13H,1,3-10H2;1H. The summed E-state index contributed by atoms with van der Waals surface area (Å²) in [5.74, 6) is 0.348. The highest BCUT2D eigenvalue weighted by Crippen LogP contribution is 2.36. The average Bonchev–Trinajstić information content (AvgIpc) is 2.27. The summed E-state index contributed by atoms with van der Waals surface area (Å²) < 4.78 is 0. The third kappa shape index (κ3) is 2.41. The van der Waals surface area contributed by atoms with Crippen LogP contribution in [0.25, 0.3) is 0 Å². The van der Waals surface area contributed by atoms with Gasteiger partial charge in [-0.15, -0.1) is 19.0 Å². The molecular formula is C12H21ClN2O. The number of carbonyl (C=O) groups excluding carboxylic acids is 1. The van der Waals surface area contributed by atoms with Crippen LogP contribution in [-0.2, 0) is 4.79 Å². The summed E-state index contributed by atoms with van der Waals surface area (Å²) in [5, 5.41) is 3.37. The smallest absolute Gasteiger partial charge is 0.230 e. The molecule has 2 heterocycles. The monoisotopic (exact) mass is 244 g/mol. The van der Waals surface area contributed by atoms with Crippen molar-refractivity contribution in [1.82, 2.24) is 10.2 Å². The van der Waals surface area contributed by atoms with Crippen molar-refractivity contribution in [3.8, 4) is 0 Å². The molecule has 0 radical (unpaired) electrons. The molecule has 1 spiro atoms. The van der Waals surface area contributed by atoms with Crippen LogP contribution in [0, 0.1) is 5.41 Å². The van der Waals surface area contributed by atoms with Crippen molar-refractivity contribution in [1.29, 1.82) is 0 Å². The van der Waals surface area contributed by atoms with Crippen LogP contribution < -0.4 is 5.32 Å². The van der Waals surface area contributed by atoms with E-state index in [2.05, 4.69) is 11.9 Å². The summed E-state index contributed by atoms with van der Waals surface area (Å²) >= 11 is 0. The Labute approximate surface area is 104 Å². The average molecular weight is 245 g/mol. The second kappa shape index (κ2) is 5.69. The predicted octanol–water partition coefficient (Wildman–Crippen LogP) is 1.59. The summed E-state index contributed by atoms with van der Waals surface area (Å²) in [5.41, 5.74) is -0.0838. The van der Waals surface area contributed by atoms with Crippen LogP contribution in [0.15, 0.2) is 12.7 Å². The van der Waals surface area contributed by atoms with Gasteiger partial charge in [0.2, 0.25) is 5.91 Å². The number of nitrogens with zero attached hydrogens (tertiary/aromatic N) is 1. The summed E-state index contributed by atoms with van der Waals surface area (Å²) in [6, 6.07) is 0. The molecule has 0 bridgehead atoms. The molecule has 0 aromatic heterocycles. The van der Waals surface area contributed by atoms with Crippen LogP contribution in [0.3, 0.4) is 0 Å². The number of rotatable bonds is 2. The zero-order valence-electron chi connectivity index (χ0n) is 9.71. The fraction of sp³-hybridized carbons (Fsp3) is 0.750. The van der Waals surface area contributed by atoms with Crippen molar-refractivity contribution in [2.75, 3.05) is 26.2 Å². The maximum atomic E-state index is 12.3. The number of hydrogen-bond acceptors (Lipinski definition) is 2. The van der Waals surface area contributed by atoms with E-state index in [-0.39, 0.29) is 17.8 Å². The van der Waals surface area contributed by atoms with E-state index in [1.165, 1.54) is 0 Å². The van der Waals surface area contributed by atoms with E-state index < -0.39 is 0 Å². The molecule has 0 saturated carbocycles. The number of nitrogens with one attached hydrogen (secondary N) is 1. The van der Waals surface area contributed by atoms with Crippen LogP contribution in [-0.4, -0.2) is 37.0 Å². The quantitative estimate of drug-likeness (QED) is 0.749. The molecule has 1 N–H and O–H groups in total. The lowest BCUT2D eigenvalue weighted by Crippen LogP contribution is -2.55. The van der Waals surface area contributed by atoms with Gasteiger partial charge in [0.05, 0.1) is 5.41 Å². The van der Waals surface area contributed by atoms with Gasteiger partial charge in [-0.25, -0.2) is 0 Å². The maximum Gasteiger partial charge on any atom is 0.230 e. The van der Waals surface area contributed by atoms with E-state index in [1.807, 2.05) is 11.0 Å². The van der Waals surface area contributed by atoms with E-state index in [1.54, 1.807) is 0 Å². The van der Waals surface area contributed by atoms with Crippen molar-refractivity contribution in [2.24, 2.45) is 5.41 Å². The minimum Gasteiger partial charge on any atom is -0.338 e. The Kier molecular flexibility index (Phi) is 4.81. The number of likely N-dealkylation sites (tertiary alicyclic amines) is 1. The van der Waals surface area contributed by atoms with Crippen molar-refractivity contribution in [3.63, 3.8) is 0 Å². The Morgan fingerprint density at radius 3 is 2.81 bits per heavy atom. The lowest BCUT2D eigenvalue weighted by atomic mass is 9.73. The van der Waals surface area contributed by atoms with E-state index in [0.29, 0.717) is 12.5 Å². The van der Waals surface area contributed by atoms with Gasteiger partial charge < -0.3 is 10.2 Å². The number of halogens is 1. The lowest BCUT2D eigenvalue weighted by molar-refractivity contribution is -0.147. The van der Waals surface area contributed by atoms with Crippen molar-refractivity contribution in [2.45, 2.75) is 25.7 Å². The molecule has 3 nitrogen and oxygen atoms in total. The third-order valence-corrected chi connectivity index (χ3v) is 3.65. The van der Waals surface area contributed by atoms with Gasteiger partial charge in [0, 0.05) is 19.6 Å². The molecule has 2 fully saturated rings. The van der Waals surface area contributed by atoms with Crippen LogP contribution in [0.4, 0.5) is 0 Å². The molecule has 2 aliphatic rings. The molecule has 1 unspecified atom stereocenters. The Bertz CT molecular complexity index is 256. The molecule has 16 heavy (non-hydrogen) atoms. The minimum absolute atomic E-state index is 0. The molecule has 2 saturated heterocycles. The van der Waals surface area contributed by atoms with Gasteiger partial charge in [-0.3, -0.25) is 4.79 Å². The van der Waals surface area contributed by atoms with Gasteiger partial charge in [-0.05, 0) is 32.2 Å². The molecule has 2 rings (SSSR count). The first kappa shape index (κ1) is 13.5. The molecule has 2 aliphatic heterocycles. The predicted molar refractivity (Wildman–Crippen MR) is 67.8 cm³/mol. The molecule has 0 aromatic rings. The minimum atomic E-state index is -0.0838. The SMILES string of the molecule is C=CCN1CCCC2(CCCNC2)C1=O.Cl. The summed E-state index contributed by atoms with van der Waals surface area (Å²) in [6.07, 6.45) is 6.22. The highest BCUT2D eigenvalue weighted by atomic mass is 35.5. The maximum absolute atomic E-state index is 12.3.